The van der Waals surface area contributed by atoms with E-state index in [-0.39, 0.29) is 12.2 Å². The number of rotatable bonds is 2. The normalized spacial score (nSPS) is 12.9. The first-order chi connectivity index (χ1) is 5.65. The summed E-state index contributed by atoms with van der Waals surface area (Å²) < 4.78 is 0.420. The zero-order chi connectivity index (χ0) is 9.14. The van der Waals surface area contributed by atoms with Gasteiger partial charge in [0.1, 0.15) is 0 Å². The van der Waals surface area contributed by atoms with Gasteiger partial charge in [0.15, 0.2) is 0 Å². The molecule has 0 aliphatic heterocycles. The predicted molar refractivity (Wildman–Crippen MR) is 48.8 cm³/mol. The van der Waals surface area contributed by atoms with Crippen molar-refractivity contribution in [2.75, 3.05) is 6.61 Å². The third-order valence-corrected chi connectivity index (χ3v) is 2.09. The molecule has 0 saturated heterocycles. The number of hydrogen-bond acceptors (Lipinski definition) is 3. The maximum atomic E-state index is 10.9. The van der Waals surface area contributed by atoms with E-state index in [0.717, 1.165) is 0 Å². The summed E-state index contributed by atoms with van der Waals surface area (Å²) in [4.78, 5) is 13.4. The molecule has 5 heteroatoms. The van der Waals surface area contributed by atoms with Gasteiger partial charge in [-0.25, -0.2) is 0 Å². The first-order valence-electron chi connectivity index (χ1n) is 3.39. The highest BCUT2D eigenvalue weighted by atomic mass is 79.9. The summed E-state index contributed by atoms with van der Waals surface area (Å²) in [5.41, 5.74) is 6.01. The average molecular weight is 233 g/mol. The largest absolute Gasteiger partial charge is 0.394 e. The molecule has 12 heavy (non-hydrogen) atoms. The third kappa shape index (κ3) is 1.94. The van der Waals surface area contributed by atoms with Crippen LogP contribution in [0.3, 0.4) is 0 Å². The van der Waals surface area contributed by atoms with Crippen LogP contribution in [0.15, 0.2) is 21.5 Å². The van der Waals surface area contributed by atoms with Crippen molar-refractivity contribution in [3.63, 3.8) is 0 Å². The molecular formula is C7H9BrN2O2. The maximum absolute atomic E-state index is 10.9. The number of aromatic amines is 1. The zero-order valence-corrected chi connectivity index (χ0v) is 7.84. The minimum Gasteiger partial charge on any atom is -0.394 e. The number of aliphatic hydroxyl groups excluding tert-OH is 1. The lowest BCUT2D eigenvalue weighted by Gasteiger charge is -2.07. The summed E-state index contributed by atoms with van der Waals surface area (Å²) >= 11 is 3.06. The molecule has 1 unspecified atom stereocenters. The van der Waals surface area contributed by atoms with Gasteiger partial charge in [-0.1, -0.05) is 0 Å². The van der Waals surface area contributed by atoms with E-state index >= 15 is 0 Å². The molecular weight excluding hydrogens is 224 g/mol. The van der Waals surface area contributed by atoms with Gasteiger partial charge in [-0.15, -0.1) is 0 Å². The van der Waals surface area contributed by atoms with Gasteiger partial charge in [-0.3, -0.25) is 4.79 Å². The fourth-order valence-electron chi connectivity index (χ4n) is 0.791. The number of nitrogens with two attached hydrogens (primary N) is 1. The Bertz CT molecular complexity index is 323. The average Bonchev–Trinajstić information content (AvgIpc) is 2.08. The zero-order valence-electron chi connectivity index (χ0n) is 6.25. The van der Waals surface area contributed by atoms with E-state index in [4.69, 9.17) is 10.8 Å². The number of hydrogen-bond donors (Lipinski definition) is 3. The Hall–Kier alpha value is -0.650. The van der Waals surface area contributed by atoms with Crippen LogP contribution in [0.25, 0.3) is 0 Å². The number of H-pyrrole nitrogens is 1. The second kappa shape index (κ2) is 3.84. The molecule has 0 fully saturated rings. The van der Waals surface area contributed by atoms with Gasteiger partial charge in [0.2, 0.25) is 0 Å². The van der Waals surface area contributed by atoms with Gasteiger partial charge in [0.25, 0.3) is 5.56 Å². The van der Waals surface area contributed by atoms with Crippen molar-refractivity contribution >= 4 is 15.9 Å². The molecule has 0 aliphatic rings. The van der Waals surface area contributed by atoms with E-state index in [1.165, 1.54) is 6.20 Å². The van der Waals surface area contributed by atoms with Crippen molar-refractivity contribution in [1.82, 2.24) is 4.98 Å². The van der Waals surface area contributed by atoms with Crippen molar-refractivity contribution in [2.24, 2.45) is 5.73 Å². The Labute approximate surface area is 77.5 Å². The molecule has 0 radical (unpaired) electrons. The van der Waals surface area contributed by atoms with Crippen molar-refractivity contribution in [3.8, 4) is 0 Å². The van der Waals surface area contributed by atoms with Gasteiger partial charge in [0, 0.05) is 6.20 Å². The molecule has 0 saturated carbocycles. The third-order valence-electron chi connectivity index (χ3n) is 1.51. The maximum Gasteiger partial charge on any atom is 0.262 e. The van der Waals surface area contributed by atoms with Crippen molar-refractivity contribution in [1.29, 1.82) is 0 Å². The van der Waals surface area contributed by atoms with E-state index in [1.807, 2.05) is 0 Å². The Balaban J connectivity index is 3.04. The number of nitrogens with one attached hydrogen (secondary N) is 1. The summed E-state index contributed by atoms with van der Waals surface area (Å²) in [7, 11) is 0. The smallest absolute Gasteiger partial charge is 0.262 e. The van der Waals surface area contributed by atoms with Crippen LogP contribution in [0.5, 0.6) is 0 Å². The highest BCUT2D eigenvalue weighted by Crippen LogP contribution is 2.10. The van der Waals surface area contributed by atoms with E-state index in [9.17, 15) is 4.79 Å². The molecule has 1 rings (SSSR count). The van der Waals surface area contributed by atoms with Crippen LogP contribution in [0.4, 0.5) is 0 Å². The summed E-state index contributed by atoms with van der Waals surface area (Å²) in [6, 6.07) is 1.15. The number of aromatic nitrogens is 1. The van der Waals surface area contributed by atoms with Crippen LogP contribution in [0.1, 0.15) is 11.6 Å². The second-order valence-corrected chi connectivity index (χ2v) is 3.25. The standard InChI is InChI=1S/C7H9BrN2O2/c8-5-1-4(6(9)3-11)2-10-7(5)12/h1-2,6,11H,3,9H2,(H,10,12). The first-order valence-corrected chi connectivity index (χ1v) is 4.19. The lowest BCUT2D eigenvalue weighted by molar-refractivity contribution is 0.267. The molecule has 0 amide bonds. The van der Waals surface area contributed by atoms with E-state index < -0.39 is 6.04 Å². The molecule has 1 aromatic heterocycles. The Morgan fingerprint density at radius 2 is 2.42 bits per heavy atom. The Morgan fingerprint density at radius 3 is 2.92 bits per heavy atom. The summed E-state index contributed by atoms with van der Waals surface area (Å²) in [6.45, 7) is -0.140. The number of aliphatic hydroxyl groups is 1. The second-order valence-electron chi connectivity index (χ2n) is 2.40. The SMILES string of the molecule is NC(CO)c1c[nH]c(=O)c(Br)c1. The van der Waals surface area contributed by atoms with Crippen molar-refractivity contribution in [3.05, 3.63) is 32.7 Å². The Kier molecular flexibility index (Phi) is 3.02. The number of halogens is 1. The molecule has 66 valence electrons. The van der Waals surface area contributed by atoms with Gasteiger partial charge in [0.05, 0.1) is 17.1 Å². The monoisotopic (exact) mass is 232 g/mol. The topological polar surface area (TPSA) is 79.1 Å². The highest BCUT2D eigenvalue weighted by Gasteiger charge is 2.05. The molecule has 0 spiro atoms. The molecule has 4 N–H and O–H groups in total. The van der Waals surface area contributed by atoms with Crippen LogP contribution in [-0.4, -0.2) is 16.7 Å². The summed E-state index contributed by atoms with van der Waals surface area (Å²) in [5, 5.41) is 8.72. The van der Waals surface area contributed by atoms with Crippen LogP contribution < -0.4 is 11.3 Å². The lowest BCUT2D eigenvalue weighted by Crippen LogP contribution is -2.17. The van der Waals surface area contributed by atoms with Crippen molar-refractivity contribution in [2.45, 2.75) is 6.04 Å². The highest BCUT2D eigenvalue weighted by molar-refractivity contribution is 9.10. The van der Waals surface area contributed by atoms with E-state index in [0.29, 0.717) is 10.0 Å². The molecule has 1 heterocycles. The van der Waals surface area contributed by atoms with Gasteiger partial charge >= 0.3 is 0 Å². The summed E-state index contributed by atoms with van der Waals surface area (Å²) in [5.74, 6) is 0. The fraction of sp³-hybridized carbons (Fsp3) is 0.286. The molecule has 0 aromatic carbocycles. The Morgan fingerprint density at radius 1 is 1.75 bits per heavy atom. The van der Waals surface area contributed by atoms with Gasteiger partial charge in [-0.05, 0) is 27.6 Å². The van der Waals surface area contributed by atoms with Gasteiger partial charge in [-0.2, -0.15) is 0 Å². The van der Waals surface area contributed by atoms with Crippen LogP contribution in [-0.2, 0) is 0 Å². The summed E-state index contributed by atoms with van der Waals surface area (Å²) in [6.07, 6.45) is 1.49. The fourth-order valence-corrected chi connectivity index (χ4v) is 1.17. The molecule has 1 aromatic rings. The molecule has 1 atom stereocenters. The molecule has 0 aliphatic carbocycles. The molecule has 0 bridgehead atoms. The van der Waals surface area contributed by atoms with Crippen molar-refractivity contribution < 1.29 is 5.11 Å². The van der Waals surface area contributed by atoms with Crippen LogP contribution in [0.2, 0.25) is 0 Å². The van der Waals surface area contributed by atoms with E-state index in [1.54, 1.807) is 6.07 Å². The lowest BCUT2D eigenvalue weighted by atomic mass is 10.1. The quantitative estimate of drug-likeness (QED) is 0.679. The molecule has 4 nitrogen and oxygen atoms in total. The van der Waals surface area contributed by atoms with Crippen LogP contribution in [0, 0.1) is 0 Å². The number of pyridine rings is 1. The van der Waals surface area contributed by atoms with Crippen LogP contribution >= 0.6 is 15.9 Å². The minimum atomic E-state index is -0.446. The first kappa shape index (κ1) is 9.44. The minimum absolute atomic E-state index is 0.140. The van der Waals surface area contributed by atoms with Gasteiger partial charge < -0.3 is 15.8 Å². The predicted octanol–water partition coefficient (Wildman–Crippen LogP) is 0.130. The van der Waals surface area contributed by atoms with E-state index in [2.05, 4.69) is 20.9 Å².